The van der Waals surface area contributed by atoms with Crippen LogP contribution in [0.1, 0.15) is 6.42 Å². The van der Waals surface area contributed by atoms with Crippen molar-refractivity contribution >= 4 is 27.6 Å². The smallest absolute Gasteiger partial charge is 0.324 e. The fraction of sp³-hybridized carbons (Fsp3) is 1.00. The molecule has 2 unspecified atom stereocenters. The van der Waals surface area contributed by atoms with Crippen molar-refractivity contribution in [3.8, 4) is 0 Å². The van der Waals surface area contributed by atoms with E-state index in [1.54, 1.807) is 0 Å². The third-order valence-corrected chi connectivity index (χ3v) is 5.78. The van der Waals surface area contributed by atoms with Gasteiger partial charge in [0, 0.05) is 13.0 Å². The van der Waals surface area contributed by atoms with E-state index in [-0.39, 0.29) is 35.0 Å². The molecule has 0 aliphatic carbocycles. The predicted molar refractivity (Wildman–Crippen MR) is 75.5 cm³/mol. The van der Waals surface area contributed by atoms with Gasteiger partial charge in [0.2, 0.25) is 0 Å². The van der Waals surface area contributed by atoms with E-state index in [1.165, 1.54) is 0 Å². The molecule has 3 rings (SSSR count). The number of halogens is 1. The van der Waals surface area contributed by atoms with Gasteiger partial charge >= 0.3 is 6.72 Å². The second-order valence-electron chi connectivity index (χ2n) is 4.97. The molecule has 122 valence electrons. The Morgan fingerprint density at radius 3 is 2.81 bits per heavy atom. The van der Waals surface area contributed by atoms with Crippen molar-refractivity contribution in [1.29, 1.82) is 0 Å². The Labute approximate surface area is 128 Å². The zero-order valence-corrected chi connectivity index (χ0v) is 13.8. The molecule has 3 saturated heterocycles. The van der Waals surface area contributed by atoms with Crippen molar-refractivity contribution < 1.29 is 36.9 Å². The number of alkyl halides is 1. The molecule has 2 bridgehead atoms. The number of hydrogen-bond donors (Lipinski definition) is 1. The van der Waals surface area contributed by atoms with E-state index >= 15 is 0 Å². The second-order valence-corrected chi connectivity index (χ2v) is 8.45. The average molecular weight is 362 g/mol. The zero-order chi connectivity index (χ0) is 14.9. The fourth-order valence-corrected chi connectivity index (χ4v) is 4.48. The lowest BCUT2D eigenvalue weighted by atomic mass is 10.2. The summed E-state index contributed by atoms with van der Waals surface area (Å²) >= 11 is 4.95. The van der Waals surface area contributed by atoms with Crippen LogP contribution < -0.4 is 0 Å². The van der Waals surface area contributed by atoms with Gasteiger partial charge in [0.1, 0.15) is 18.3 Å². The summed E-state index contributed by atoms with van der Waals surface area (Å²) in [7, 11) is -0.308. The maximum Gasteiger partial charge on any atom is 0.324 e. The van der Waals surface area contributed by atoms with Crippen LogP contribution >= 0.6 is 15.8 Å². The van der Waals surface area contributed by atoms with E-state index < -0.39 is 31.2 Å². The highest BCUT2D eigenvalue weighted by Crippen LogP contribution is 2.48. The van der Waals surface area contributed by atoms with Crippen LogP contribution in [0.25, 0.3) is 0 Å². The van der Waals surface area contributed by atoms with Crippen molar-refractivity contribution in [2.45, 2.75) is 37.0 Å². The first kappa shape index (κ1) is 16.6. The third kappa shape index (κ3) is 4.18. The van der Waals surface area contributed by atoms with Crippen LogP contribution in [-0.2, 0) is 39.4 Å². The molecule has 0 radical (unpaired) electrons. The molecule has 11 heteroatoms. The summed E-state index contributed by atoms with van der Waals surface area (Å²) in [5.74, 6) is 0. The van der Waals surface area contributed by atoms with Crippen LogP contribution in [0.2, 0.25) is 0 Å². The van der Waals surface area contributed by atoms with Gasteiger partial charge in [-0.25, -0.2) is 4.39 Å². The normalized spacial score (nSPS) is 50.1. The van der Waals surface area contributed by atoms with Gasteiger partial charge in [0.25, 0.3) is 0 Å². The zero-order valence-electron chi connectivity index (χ0n) is 11.1. The second kappa shape index (κ2) is 7.09. The first-order valence-corrected chi connectivity index (χ1v) is 10.0. The van der Waals surface area contributed by atoms with Crippen LogP contribution in [0.3, 0.4) is 0 Å². The summed E-state index contributed by atoms with van der Waals surface area (Å²) in [4.78, 5) is 10.1. The van der Waals surface area contributed by atoms with Crippen molar-refractivity contribution in [2.24, 2.45) is 0 Å². The predicted octanol–water partition coefficient (Wildman–Crippen LogP) is 1.05. The molecule has 7 atom stereocenters. The molecular formula is C10H17FO7P2S. The van der Waals surface area contributed by atoms with E-state index in [9.17, 15) is 9.28 Å². The first-order chi connectivity index (χ1) is 10.1. The summed E-state index contributed by atoms with van der Waals surface area (Å²) in [6, 6.07) is 0. The van der Waals surface area contributed by atoms with Gasteiger partial charge < -0.3 is 32.5 Å². The fourth-order valence-electron chi connectivity index (χ4n) is 2.37. The van der Waals surface area contributed by atoms with E-state index in [0.717, 1.165) is 0 Å². The summed E-state index contributed by atoms with van der Waals surface area (Å²) in [6.07, 6.45) is -3.02. The molecule has 3 aliphatic rings. The molecule has 0 aromatic rings. The minimum atomic E-state index is -3.47. The van der Waals surface area contributed by atoms with Crippen LogP contribution in [-0.4, -0.2) is 61.9 Å². The van der Waals surface area contributed by atoms with Gasteiger partial charge in [0.05, 0.1) is 25.9 Å². The van der Waals surface area contributed by atoms with E-state index in [2.05, 4.69) is 0 Å². The average Bonchev–Trinajstić information content (AvgIpc) is 3.00. The van der Waals surface area contributed by atoms with Crippen LogP contribution in [0.15, 0.2) is 0 Å². The SMILES string of the molecule is OP1(=S)OC[C@H]2OC[C@H](OPOC[C@H]3OCC[C@@H]3O1)[C@@H]2F. The number of ether oxygens (including phenoxy) is 2. The Hall–Kier alpha value is 0.730. The molecule has 3 aliphatic heterocycles. The molecule has 0 spiro atoms. The summed E-state index contributed by atoms with van der Waals surface area (Å²) in [6.45, 7) is -2.80. The van der Waals surface area contributed by atoms with E-state index in [0.29, 0.717) is 13.0 Å². The molecular weight excluding hydrogens is 345 g/mol. The first-order valence-electron chi connectivity index (χ1n) is 6.60. The molecule has 0 amide bonds. The molecule has 1 N–H and O–H groups in total. The lowest BCUT2D eigenvalue weighted by Crippen LogP contribution is -2.30. The molecule has 3 fully saturated rings. The van der Waals surface area contributed by atoms with Gasteiger partial charge in [-0.2, -0.15) is 0 Å². The van der Waals surface area contributed by atoms with Gasteiger partial charge in [-0.15, -0.1) is 0 Å². The number of rotatable bonds is 0. The molecule has 21 heavy (non-hydrogen) atoms. The Morgan fingerprint density at radius 1 is 1.10 bits per heavy atom. The quantitative estimate of drug-likeness (QED) is 0.641. The monoisotopic (exact) mass is 362 g/mol. The highest BCUT2D eigenvalue weighted by molar-refractivity contribution is 8.07. The van der Waals surface area contributed by atoms with E-state index in [4.69, 9.17) is 39.4 Å². The lowest BCUT2D eigenvalue weighted by molar-refractivity contribution is 0.00260. The Kier molecular flexibility index (Phi) is 5.60. The minimum Gasteiger partial charge on any atom is -0.373 e. The standard InChI is InChI=1S/C10H17FO7P2S/c11-10-8-5-16-20(12,21)18-6-1-2-13-7(6)4-15-19-17-9(10)3-14-8/h6-10,19H,1-5H2,(H,12,21)/t6-,7+,8+,9-,10+,20?/m0/s1. The maximum atomic E-state index is 14.1. The summed E-state index contributed by atoms with van der Waals surface area (Å²) in [5, 5.41) is 0. The van der Waals surface area contributed by atoms with Crippen molar-refractivity contribution in [3.63, 3.8) is 0 Å². The summed E-state index contributed by atoms with van der Waals surface area (Å²) in [5.41, 5.74) is 0. The number of fused-ring (bicyclic) bond motifs is 3. The Balaban J connectivity index is 1.69. The lowest BCUT2D eigenvalue weighted by Gasteiger charge is -2.24. The maximum absolute atomic E-state index is 14.1. The molecule has 0 saturated carbocycles. The topological polar surface area (TPSA) is 75.6 Å². The van der Waals surface area contributed by atoms with Crippen LogP contribution in [0.5, 0.6) is 0 Å². The van der Waals surface area contributed by atoms with Crippen LogP contribution in [0.4, 0.5) is 4.39 Å². The van der Waals surface area contributed by atoms with Crippen molar-refractivity contribution in [2.75, 3.05) is 26.4 Å². The Morgan fingerprint density at radius 2 is 1.95 bits per heavy atom. The van der Waals surface area contributed by atoms with Gasteiger partial charge in [-0.3, -0.25) is 0 Å². The van der Waals surface area contributed by atoms with Crippen LogP contribution in [0, 0.1) is 0 Å². The molecule has 0 aromatic heterocycles. The van der Waals surface area contributed by atoms with Gasteiger partial charge in [-0.05, 0) is 11.8 Å². The largest absolute Gasteiger partial charge is 0.373 e. The third-order valence-electron chi connectivity index (χ3n) is 3.51. The Bertz CT molecular complexity index is 417. The molecule has 7 nitrogen and oxygen atoms in total. The van der Waals surface area contributed by atoms with Gasteiger partial charge in [0.15, 0.2) is 15.2 Å². The van der Waals surface area contributed by atoms with Crippen molar-refractivity contribution in [3.05, 3.63) is 0 Å². The summed E-state index contributed by atoms with van der Waals surface area (Å²) < 4.78 is 46.1. The van der Waals surface area contributed by atoms with Crippen molar-refractivity contribution in [1.82, 2.24) is 0 Å². The van der Waals surface area contributed by atoms with Gasteiger partial charge in [-0.1, -0.05) is 0 Å². The minimum absolute atomic E-state index is 0.114. The highest BCUT2D eigenvalue weighted by atomic mass is 32.5. The number of hydrogen-bond acceptors (Lipinski definition) is 7. The molecule has 0 aromatic carbocycles. The molecule has 3 heterocycles. The highest BCUT2D eigenvalue weighted by Gasteiger charge is 2.41. The van der Waals surface area contributed by atoms with E-state index in [1.807, 2.05) is 0 Å².